The summed E-state index contributed by atoms with van der Waals surface area (Å²) in [5, 5.41) is 16.0. The topological polar surface area (TPSA) is 71.2 Å². The van der Waals surface area contributed by atoms with Crippen molar-refractivity contribution in [3.8, 4) is 0 Å². The summed E-state index contributed by atoms with van der Waals surface area (Å²) in [7, 11) is 0. The summed E-state index contributed by atoms with van der Waals surface area (Å²) in [6, 6.07) is 0.0267. The smallest absolute Gasteiger partial charge is 0.223 e. The van der Waals surface area contributed by atoms with E-state index < -0.39 is 0 Å². The van der Waals surface area contributed by atoms with Crippen LogP contribution in [0.4, 0.5) is 0 Å². The molecule has 0 amide bonds. The molecule has 0 saturated heterocycles. The molecule has 1 rings (SSSR count). The first-order valence-corrected chi connectivity index (χ1v) is 4.30. The summed E-state index contributed by atoms with van der Waals surface area (Å²) in [6.45, 7) is 5.90. The molecule has 2 atom stereocenters. The van der Waals surface area contributed by atoms with Gasteiger partial charge < -0.3 is 14.9 Å². The molecule has 0 aliphatic carbocycles. The Hall–Kier alpha value is -0.940. The Labute approximate surface area is 77.2 Å². The second kappa shape index (κ2) is 4.34. The Morgan fingerprint density at radius 3 is 2.69 bits per heavy atom. The van der Waals surface area contributed by atoms with Crippen molar-refractivity contribution in [3.05, 3.63) is 11.7 Å². The molecule has 13 heavy (non-hydrogen) atoms. The molecule has 2 N–H and O–H groups in total. The minimum Gasteiger partial charge on any atom is -0.392 e. The number of aromatic nitrogens is 2. The number of aryl methyl sites for hydroxylation is 1. The second-order valence-corrected chi connectivity index (χ2v) is 3.14. The number of hydrogen-bond acceptors (Lipinski definition) is 5. The Balaban J connectivity index is 2.35. The van der Waals surface area contributed by atoms with Gasteiger partial charge in [-0.1, -0.05) is 5.16 Å². The van der Waals surface area contributed by atoms with E-state index >= 15 is 0 Å². The van der Waals surface area contributed by atoms with Gasteiger partial charge in [-0.2, -0.15) is 4.98 Å². The molecule has 1 aromatic rings. The van der Waals surface area contributed by atoms with Gasteiger partial charge in [0.2, 0.25) is 5.89 Å². The first-order chi connectivity index (χ1) is 6.09. The van der Waals surface area contributed by atoms with Crippen molar-refractivity contribution in [1.82, 2.24) is 15.5 Å². The highest BCUT2D eigenvalue weighted by molar-refractivity contribution is 4.84. The van der Waals surface area contributed by atoms with Gasteiger partial charge in [0.1, 0.15) is 0 Å². The number of aliphatic hydroxyl groups excluding tert-OH is 1. The third-order valence-corrected chi connectivity index (χ3v) is 1.88. The summed E-state index contributed by atoms with van der Waals surface area (Å²) in [4.78, 5) is 4.02. The van der Waals surface area contributed by atoms with Crippen molar-refractivity contribution in [2.45, 2.75) is 39.5 Å². The average Bonchev–Trinajstić information content (AvgIpc) is 2.47. The van der Waals surface area contributed by atoms with Gasteiger partial charge in [0.15, 0.2) is 5.82 Å². The van der Waals surface area contributed by atoms with E-state index in [0.717, 1.165) is 0 Å². The molecule has 0 spiro atoms. The Morgan fingerprint density at radius 1 is 1.54 bits per heavy atom. The maximum atomic E-state index is 9.18. The maximum Gasteiger partial charge on any atom is 0.223 e. The van der Waals surface area contributed by atoms with Crippen LogP contribution >= 0.6 is 0 Å². The fraction of sp³-hybridized carbons (Fsp3) is 0.750. The van der Waals surface area contributed by atoms with E-state index in [1.807, 2.05) is 6.92 Å². The fourth-order valence-corrected chi connectivity index (χ4v) is 0.836. The zero-order valence-corrected chi connectivity index (χ0v) is 8.11. The predicted octanol–water partition coefficient (Wildman–Crippen LogP) is 0.237. The zero-order chi connectivity index (χ0) is 9.84. The van der Waals surface area contributed by atoms with E-state index in [1.165, 1.54) is 0 Å². The van der Waals surface area contributed by atoms with Crippen LogP contribution in [-0.2, 0) is 6.54 Å². The molecular weight excluding hydrogens is 170 g/mol. The standard InChI is InChI=1S/C8H15N3O2/c1-5(6(2)12)9-4-8-10-7(3)13-11-8/h5-6,9,12H,4H2,1-3H3. The van der Waals surface area contributed by atoms with Crippen LogP contribution in [0.15, 0.2) is 4.52 Å². The third kappa shape index (κ3) is 3.12. The molecule has 5 heteroatoms. The van der Waals surface area contributed by atoms with Crippen LogP contribution in [0.3, 0.4) is 0 Å². The lowest BCUT2D eigenvalue weighted by molar-refractivity contribution is 0.151. The van der Waals surface area contributed by atoms with Gasteiger partial charge in [-0.3, -0.25) is 0 Å². The average molecular weight is 185 g/mol. The van der Waals surface area contributed by atoms with E-state index in [0.29, 0.717) is 18.3 Å². The highest BCUT2D eigenvalue weighted by atomic mass is 16.5. The van der Waals surface area contributed by atoms with Crippen molar-refractivity contribution in [1.29, 1.82) is 0 Å². The highest BCUT2D eigenvalue weighted by Gasteiger charge is 2.09. The minimum atomic E-state index is -0.381. The zero-order valence-electron chi connectivity index (χ0n) is 8.11. The largest absolute Gasteiger partial charge is 0.392 e. The molecule has 74 valence electrons. The number of rotatable bonds is 4. The molecule has 0 saturated carbocycles. The number of nitrogens with one attached hydrogen (secondary N) is 1. The van der Waals surface area contributed by atoms with Crippen molar-refractivity contribution < 1.29 is 9.63 Å². The maximum absolute atomic E-state index is 9.18. The molecule has 5 nitrogen and oxygen atoms in total. The van der Waals surface area contributed by atoms with Crippen LogP contribution in [0.25, 0.3) is 0 Å². The van der Waals surface area contributed by atoms with Crippen LogP contribution in [0, 0.1) is 6.92 Å². The van der Waals surface area contributed by atoms with Crippen LogP contribution in [0.2, 0.25) is 0 Å². The molecular formula is C8H15N3O2. The van der Waals surface area contributed by atoms with Crippen molar-refractivity contribution in [3.63, 3.8) is 0 Å². The molecule has 0 aliphatic rings. The summed E-state index contributed by atoms with van der Waals surface area (Å²) < 4.78 is 4.79. The van der Waals surface area contributed by atoms with Gasteiger partial charge in [0.05, 0.1) is 12.6 Å². The number of nitrogens with zero attached hydrogens (tertiary/aromatic N) is 2. The third-order valence-electron chi connectivity index (χ3n) is 1.88. The highest BCUT2D eigenvalue weighted by Crippen LogP contribution is 1.96. The first-order valence-electron chi connectivity index (χ1n) is 4.30. The Kier molecular flexibility index (Phi) is 3.39. The molecule has 0 radical (unpaired) electrons. The van der Waals surface area contributed by atoms with E-state index in [-0.39, 0.29) is 12.1 Å². The van der Waals surface area contributed by atoms with E-state index in [2.05, 4.69) is 15.5 Å². The normalized spacial score (nSPS) is 15.7. The molecule has 0 aromatic carbocycles. The van der Waals surface area contributed by atoms with Crippen LogP contribution in [-0.4, -0.2) is 27.4 Å². The summed E-state index contributed by atoms with van der Waals surface area (Å²) in [6.07, 6.45) is -0.381. The van der Waals surface area contributed by atoms with Crippen LogP contribution in [0.5, 0.6) is 0 Å². The van der Waals surface area contributed by atoms with Gasteiger partial charge in [0, 0.05) is 13.0 Å². The molecule has 0 bridgehead atoms. The fourth-order valence-electron chi connectivity index (χ4n) is 0.836. The van der Waals surface area contributed by atoms with E-state index in [9.17, 15) is 5.11 Å². The second-order valence-electron chi connectivity index (χ2n) is 3.14. The lowest BCUT2D eigenvalue weighted by Gasteiger charge is -2.14. The number of aliphatic hydroxyl groups is 1. The van der Waals surface area contributed by atoms with Crippen LogP contribution in [0.1, 0.15) is 25.6 Å². The quantitative estimate of drug-likeness (QED) is 0.703. The van der Waals surface area contributed by atoms with E-state index in [1.54, 1.807) is 13.8 Å². The van der Waals surface area contributed by atoms with Crippen molar-refractivity contribution >= 4 is 0 Å². The van der Waals surface area contributed by atoms with Crippen molar-refractivity contribution in [2.75, 3.05) is 0 Å². The van der Waals surface area contributed by atoms with Crippen LogP contribution < -0.4 is 5.32 Å². The van der Waals surface area contributed by atoms with Gasteiger partial charge >= 0.3 is 0 Å². The Morgan fingerprint density at radius 2 is 2.23 bits per heavy atom. The molecule has 1 aromatic heterocycles. The molecule has 2 unspecified atom stereocenters. The predicted molar refractivity (Wildman–Crippen MR) is 47.0 cm³/mol. The Bertz CT molecular complexity index is 260. The van der Waals surface area contributed by atoms with Gasteiger partial charge in [-0.25, -0.2) is 0 Å². The SMILES string of the molecule is Cc1nc(CNC(C)C(C)O)no1. The minimum absolute atomic E-state index is 0.0267. The van der Waals surface area contributed by atoms with E-state index in [4.69, 9.17) is 4.52 Å². The lowest BCUT2D eigenvalue weighted by Crippen LogP contribution is -2.35. The monoisotopic (exact) mass is 185 g/mol. The van der Waals surface area contributed by atoms with Gasteiger partial charge in [0.25, 0.3) is 0 Å². The van der Waals surface area contributed by atoms with Gasteiger partial charge in [-0.15, -0.1) is 0 Å². The summed E-state index contributed by atoms with van der Waals surface area (Å²) in [5.74, 6) is 1.17. The first kappa shape index (κ1) is 10.1. The molecule has 0 fully saturated rings. The van der Waals surface area contributed by atoms with Crippen molar-refractivity contribution in [2.24, 2.45) is 0 Å². The lowest BCUT2D eigenvalue weighted by atomic mass is 10.2. The van der Waals surface area contributed by atoms with Gasteiger partial charge in [-0.05, 0) is 13.8 Å². The summed E-state index contributed by atoms with van der Waals surface area (Å²) in [5.41, 5.74) is 0. The summed E-state index contributed by atoms with van der Waals surface area (Å²) >= 11 is 0. The molecule has 0 aliphatic heterocycles. The number of hydrogen-bond donors (Lipinski definition) is 2. The molecule has 1 heterocycles.